The Morgan fingerprint density at radius 1 is 1.33 bits per heavy atom. The molecule has 2 nitrogen and oxygen atoms in total. The first kappa shape index (κ1) is 7.68. The zero-order valence-electron chi connectivity index (χ0n) is 6.56. The van der Waals surface area contributed by atoms with Gasteiger partial charge in [0.25, 0.3) is 0 Å². The number of aldehydes is 1. The first-order valence-corrected chi connectivity index (χ1v) is 4.80. The van der Waals surface area contributed by atoms with Gasteiger partial charge in [0, 0.05) is 23.5 Å². The van der Waals surface area contributed by atoms with Crippen LogP contribution in [0.1, 0.15) is 10.4 Å². The normalized spacial score (nSPS) is 15.5. The van der Waals surface area contributed by atoms with E-state index in [9.17, 15) is 4.79 Å². The molecule has 0 spiro atoms. The number of carbonyl (C=O) groups excluding carboxylic acids is 1. The van der Waals surface area contributed by atoms with E-state index in [-0.39, 0.29) is 0 Å². The molecular formula is C9H9NOS. The summed E-state index contributed by atoms with van der Waals surface area (Å²) in [4.78, 5) is 10.4. The molecule has 1 aromatic carbocycles. The molecule has 62 valence electrons. The van der Waals surface area contributed by atoms with Crippen LogP contribution >= 0.6 is 11.9 Å². The monoisotopic (exact) mass is 179 g/mol. The van der Waals surface area contributed by atoms with Crippen molar-refractivity contribution in [1.29, 1.82) is 0 Å². The second-order valence-corrected chi connectivity index (χ2v) is 3.75. The SMILES string of the molecule is O=Cc1ccc(N2CCS2)cc1. The lowest BCUT2D eigenvalue weighted by Gasteiger charge is -2.31. The van der Waals surface area contributed by atoms with Crippen LogP contribution in [-0.2, 0) is 0 Å². The van der Waals surface area contributed by atoms with Crippen LogP contribution in [0.3, 0.4) is 0 Å². The van der Waals surface area contributed by atoms with Crippen molar-refractivity contribution in [2.45, 2.75) is 0 Å². The lowest BCUT2D eigenvalue weighted by Crippen LogP contribution is -2.28. The van der Waals surface area contributed by atoms with Gasteiger partial charge >= 0.3 is 0 Å². The summed E-state index contributed by atoms with van der Waals surface area (Å²) in [6.45, 7) is 1.12. The Balaban J connectivity index is 2.18. The number of carbonyl (C=O) groups is 1. The smallest absolute Gasteiger partial charge is 0.150 e. The fourth-order valence-corrected chi connectivity index (χ4v) is 1.74. The molecule has 0 saturated carbocycles. The van der Waals surface area contributed by atoms with Crippen LogP contribution in [0.15, 0.2) is 24.3 Å². The van der Waals surface area contributed by atoms with E-state index < -0.39 is 0 Å². The summed E-state index contributed by atoms with van der Waals surface area (Å²) in [6.07, 6.45) is 0.868. The van der Waals surface area contributed by atoms with Crippen LogP contribution in [0, 0.1) is 0 Å². The molecule has 1 aliphatic heterocycles. The number of benzene rings is 1. The van der Waals surface area contributed by atoms with Gasteiger partial charge in [0.1, 0.15) is 6.29 Å². The maximum absolute atomic E-state index is 10.4. The van der Waals surface area contributed by atoms with Gasteiger partial charge in [0.15, 0.2) is 0 Å². The van der Waals surface area contributed by atoms with Crippen LogP contribution in [0.5, 0.6) is 0 Å². The van der Waals surface area contributed by atoms with Gasteiger partial charge in [-0.3, -0.25) is 4.79 Å². The summed E-state index contributed by atoms with van der Waals surface area (Å²) in [5, 5.41) is 0. The molecular weight excluding hydrogens is 170 g/mol. The largest absolute Gasteiger partial charge is 0.315 e. The second-order valence-electron chi connectivity index (χ2n) is 2.64. The molecule has 0 atom stereocenters. The standard InChI is InChI=1S/C9H9NOS/c11-7-8-1-3-9(4-2-8)10-5-6-12-10/h1-4,7H,5-6H2. The molecule has 0 unspecified atom stereocenters. The third kappa shape index (κ3) is 1.32. The van der Waals surface area contributed by atoms with E-state index in [1.807, 2.05) is 36.2 Å². The van der Waals surface area contributed by atoms with Gasteiger partial charge in [0.05, 0.1) is 0 Å². The van der Waals surface area contributed by atoms with Gasteiger partial charge in [-0.15, -0.1) is 0 Å². The van der Waals surface area contributed by atoms with Crippen molar-refractivity contribution in [3.05, 3.63) is 29.8 Å². The molecule has 12 heavy (non-hydrogen) atoms. The second kappa shape index (κ2) is 3.19. The van der Waals surface area contributed by atoms with Crippen molar-refractivity contribution >= 4 is 23.9 Å². The van der Waals surface area contributed by atoms with Gasteiger partial charge in [-0.25, -0.2) is 0 Å². The summed E-state index contributed by atoms with van der Waals surface area (Å²) in [6, 6.07) is 7.66. The molecule has 0 amide bonds. The molecule has 0 N–H and O–H groups in total. The zero-order chi connectivity index (χ0) is 8.39. The lowest BCUT2D eigenvalue weighted by atomic mass is 10.2. The average molecular weight is 179 g/mol. The van der Waals surface area contributed by atoms with Crippen molar-refractivity contribution in [3.8, 4) is 0 Å². The van der Waals surface area contributed by atoms with Crippen molar-refractivity contribution in [2.75, 3.05) is 16.6 Å². The van der Waals surface area contributed by atoms with E-state index in [1.54, 1.807) is 0 Å². The van der Waals surface area contributed by atoms with E-state index in [4.69, 9.17) is 0 Å². The van der Waals surface area contributed by atoms with Crippen molar-refractivity contribution < 1.29 is 4.79 Å². The molecule has 0 bridgehead atoms. The molecule has 1 fully saturated rings. The van der Waals surface area contributed by atoms with Crippen molar-refractivity contribution in [2.24, 2.45) is 0 Å². The maximum atomic E-state index is 10.4. The Labute approximate surface area is 75.7 Å². The predicted octanol–water partition coefficient (Wildman–Crippen LogP) is 1.97. The minimum Gasteiger partial charge on any atom is -0.315 e. The van der Waals surface area contributed by atoms with Crippen LogP contribution in [0.4, 0.5) is 5.69 Å². The fraction of sp³-hybridized carbons (Fsp3) is 0.222. The van der Waals surface area contributed by atoms with Crippen LogP contribution in [0.25, 0.3) is 0 Å². The van der Waals surface area contributed by atoms with Crippen molar-refractivity contribution in [3.63, 3.8) is 0 Å². The Bertz CT molecular complexity index is 279. The predicted molar refractivity (Wildman–Crippen MR) is 51.6 cm³/mol. The Kier molecular flexibility index (Phi) is 2.04. The highest BCUT2D eigenvalue weighted by Crippen LogP contribution is 2.28. The van der Waals surface area contributed by atoms with Gasteiger partial charge in [-0.2, -0.15) is 0 Å². The van der Waals surface area contributed by atoms with Gasteiger partial charge in [-0.1, -0.05) is 0 Å². The molecule has 1 saturated heterocycles. The van der Waals surface area contributed by atoms with Gasteiger partial charge in [0.2, 0.25) is 0 Å². The number of rotatable bonds is 2. The molecule has 3 heteroatoms. The summed E-state index contributed by atoms with van der Waals surface area (Å²) >= 11 is 1.82. The van der Waals surface area contributed by atoms with Crippen LogP contribution < -0.4 is 4.31 Å². The number of hydrogen-bond donors (Lipinski definition) is 0. The zero-order valence-corrected chi connectivity index (χ0v) is 7.38. The molecule has 0 aliphatic carbocycles. The van der Waals surface area contributed by atoms with Gasteiger partial charge < -0.3 is 4.31 Å². The Hall–Kier alpha value is -0.960. The summed E-state index contributed by atoms with van der Waals surface area (Å²) < 4.78 is 2.22. The minimum absolute atomic E-state index is 0.740. The van der Waals surface area contributed by atoms with Crippen LogP contribution in [-0.4, -0.2) is 18.6 Å². The minimum atomic E-state index is 0.740. The lowest BCUT2D eigenvalue weighted by molar-refractivity contribution is 0.112. The summed E-state index contributed by atoms with van der Waals surface area (Å²) in [7, 11) is 0. The highest BCUT2D eigenvalue weighted by Gasteiger charge is 2.14. The Morgan fingerprint density at radius 2 is 2.00 bits per heavy atom. The molecule has 1 aliphatic rings. The van der Waals surface area contributed by atoms with E-state index in [0.29, 0.717) is 0 Å². The van der Waals surface area contributed by atoms with Crippen molar-refractivity contribution in [1.82, 2.24) is 0 Å². The summed E-state index contributed by atoms with van der Waals surface area (Å²) in [5.41, 5.74) is 1.93. The summed E-state index contributed by atoms with van der Waals surface area (Å²) in [5.74, 6) is 1.20. The van der Waals surface area contributed by atoms with E-state index in [1.165, 1.54) is 11.4 Å². The highest BCUT2D eigenvalue weighted by molar-refractivity contribution is 8.02. The first-order valence-electron chi connectivity index (χ1n) is 3.86. The molecule has 0 radical (unpaired) electrons. The van der Waals surface area contributed by atoms with E-state index >= 15 is 0 Å². The fourth-order valence-electron chi connectivity index (χ4n) is 1.11. The number of nitrogens with zero attached hydrogens (tertiary/aromatic N) is 1. The third-order valence-corrected chi connectivity index (χ3v) is 2.93. The molecule has 1 heterocycles. The third-order valence-electron chi connectivity index (χ3n) is 1.86. The number of anilines is 1. The molecule has 2 rings (SSSR count). The topological polar surface area (TPSA) is 20.3 Å². The van der Waals surface area contributed by atoms with E-state index in [0.717, 1.165) is 18.4 Å². The maximum Gasteiger partial charge on any atom is 0.150 e. The van der Waals surface area contributed by atoms with Gasteiger partial charge in [-0.05, 0) is 36.2 Å². The highest BCUT2D eigenvalue weighted by atomic mass is 32.2. The molecule has 0 aromatic heterocycles. The average Bonchev–Trinajstić information content (AvgIpc) is 2.03. The molecule has 1 aromatic rings. The number of hydrogen-bond acceptors (Lipinski definition) is 3. The first-order chi connectivity index (χ1) is 5.90. The van der Waals surface area contributed by atoms with E-state index in [2.05, 4.69) is 4.31 Å². The Morgan fingerprint density at radius 3 is 2.42 bits per heavy atom. The van der Waals surface area contributed by atoms with Crippen LogP contribution in [0.2, 0.25) is 0 Å². The quantitative estimate of drug-likeness (QED) is 0.511.